The molecular formula is C19H20N2O6S. The zero-order valence-corrected chi connectivity index (χ0v) is 16.2. The Kier molecular flexibility index (Phi) is 5.28. The van der Waals surface area contributed by atoms with Crippen molar-refractivity contribution >= 4 is 33.3 Å². The quantitative estimate of drug-likeness (QED) is 0.584. The Hall–Kier alpha value is -3.07. The summed E-state index contributed by atoms with van der Waals surface area (Å²) in [6.45, 7) is 2.17. The third-order valence-electron chi connectivity index (χ3n) is 4.51. The third-order valence-corrected chi connectivity index (χ3v) is 6.02. The Balaban J connectivity index is 1.97. The zero-order valence-electron chi connectivity index (χ0n) is 15.4. The molecule has 0 unspecified atom stereocenters. The number of hydrogen-bond donors (Lipinski definition) is 2. The molecule has 0 bridgehead atoms. The molecule has 0 atom stereocenters. The van der Waals surface area contributed by atoms with Crippen LogP contribution in [0, 0.1) is 6.92 Å². The number of hydrogen-bond acceptors (Lipinski definition) is 6. The number of phenolic OH excluding ortho intramolecular Hbond substituents is 1. The van der Waals surface area contributed by atoms with Crippen LogP contribution in [0.25, 0.3) is 0 Å². The fraction of sp³-hybridized carbons (Fsp3) is 0.263. The minimum atomic E-state index is -4.09. The molecule has 1 saturated heterocycles. The first-order valence-corrected chi connectivity index (χ1v) is 10.1. The van der Waals surface area contributed by atoms with Crippen molar-refractivity contribution < 1.29 is 27.9 Å². The maximum Gasteiger partial charge on any atom is 0.337 e. The molecule has 1 aliphatic heterocycles. The van der Waals surface area contributed by atoms with Crippen LogP contribution in [-0.4, -0.2) is 39.1 Å². The van der Waals surface area contributed by atoms with Gasteiger partial charge in [0.15, 0.2) is 0 Å². The predicted octanol–water partition coefficient (Wildman–Crippen LogP) is 2.41. The number of aryl methyl sites for hydroxylation is 1. The van der Waals surface area contributed by atoms with E-state index in [1.807, 2.05) is 0 Å². The van der Waals surface area contributed by atoms with Crippen LogP contribution in [0.15, 0.2) is 41.3 Å². The number of nitrogens with zero attached hydrogens (tertiary/aromatic N) is 1. The van der Waals surface area contributed by atoms with Gasteiger partial charge in [-0.1, -0.05) is 6.07 Å². The van der Waals surface area contributed by atoms with Crippen LogP contribution in [0.5, 0.6) is 5.75 Å². The fourth-order valence-electron chi connectivity index (χ4n) is 3.03. The molecule has 1 fully saturated rings. The van der Waals surface area contributed by atoms with Gasteiger partial charge in [0.2, 0.25) is 5.91 Å². The molecule has 1 heterocycles. The number of methoxy groups -OCH3 is 1. The Morgan fingerprint density at radius 1 is 1.21 bits per heavy atom. The largest absolute Gasteiger partial charge is 0.506 e. The number of rotatable bonds is 5. The van der Waals surface area contributed by atoms with Crippen molar-refractivity contribution in [1.29, 1.82) is 0 Å². The summed E-state index contributed by atoms with van der Waals surface area (Å²) in [5, 5.41) is 10.00. The lowest BCUT2D eigenvalue weighted by atomic mass is 10.2. The van der Waals surface area contributed by atoms with Gasteiger partial charge in [-0.05, 0) is 49.2 Å². The number of nitrogens with one attached hydrogen (secondary N) is 1. The molecule has 3 rings (SSSR count). The third kappa shape index (κ3) is 3.79. The highest BCUT2D eigenvalue weighted by molar-refractivity contribution is 7.92. The van der Waals surface area contributed by atoms with E-state index in [-0.39, 0.29) is 27.8 Å². The second-order valence-corrected chi connectivity index (χ2v) is 8.08. The Morgan fingerprint density at radius 2 is 1.96 bits per heavy atom. The summed E-state index contributed by atoms with van der Waals surface area (Å²) in [7, 11) is -2.88. The number of amides is 1. The van der Waals surface area contributed by atoms with Gasteiger partial charge >= 0.3 is 5.97 Å². The van der Waals surface area contributed by atoms with Gasteiger partial charge in [0.1, 0.15) is 5.75 Å². The van der Waals surface area contributed by atoms with Crippen molar-refractivity contribution in [2.75, 3.05) is 23.3 Å². The smallest absolute Gasteiger partial charge is 0.337 e. The van der Waals surface area contributed by atoms with Gasteiger partial charge in [-0.2, -0.15) is 0 Å². The lowest BCUT2D eigenvalue weighted by molar-refractivity contribution is -0.117. The molecule has 148 valence electrons. The number of benzene rings is 2. The van der Waals surface area contributed by atoms with Crippen LogP contribution >= 0.6 is 0 Å². The highest BCUT2D eigenvalue weighted by Crippen LogP contribution is 2.30. The van der Waals surface area contributed by atoms with Crippen molar-refractivity contribution in [1.82, 2.24) is 0 Å². The second-order valence-electron chi connectivity index (χ2n) is 6.43. The van der Waals surface area contributed by atoms with Crippen LogP contribution in [0.2, 0.25) is 0 Å². The van der Waals surface area contributed by atoms with Crippen LogP contribution in [0.3, 0.4) is 0 Å². The SMILES string of the molecule is COC(=O)c1ccc(O)c(NS(=O)(=O)c2cc(N3CCCC3=O)ccc2C)c1. The summed E-state index contributed by atoms with van der Waals surface area (Å²) in [5.41, 5.74) is 0.920. The summed E-state index contributed by atoms with van der Waals surface area (Å²) >= 11 is 0. The molecule has 0 aliphatic carbocycles. The number of phenols is 1. The molecular weight excluding hydrogens is 384 g/mol. The topological polar surface area (TPSA) is 113 Å². The summed E-state index contributed by atoms with van der Waals surface area (Å²) in [6.07, 6.45) is 1.16. The first-order valence-electron chi connectivity index (χ1n) is 8.58. The van der Waals surface area contributed by atoms with Gasteiger partial charge < -0.3 is 14.7 Å². The van der Waals surface area contributed by atoms with Gasteiger partial charge in [-0.3, -0.25) is 9.52 Å². The number of carbonyl (C=O) groups is 2. The molecule has 2 N–H and O–H groups in total. The second kappa shape index (κ2) is 7.51. The van der Waals surface area contributed by atoms with Gasteiger partial charge in [-0.15, -0.1) is 0 Å². The van der Waals surface area contributed by atoms with Gasteiger partial charge in [0, 0.05) is 18.7 Å². The molecule has 2 aromatic rings. The molecule has 9 heteroatoms. The Morgan fingerprint density at radius 3 is 2.61 bits per heavy atom. The molecule has 0 saturated carbocycles. The van der Waals surface area contributed by atoms with E-state index in [1.54, 1.807) is 24.0 Å². The summed E-state index contributed by atoms with van der Waals surface area (Å²) in [5.74, 6) is -1.05. The van der Waals surface area contributed by atoms with E-state index < -0.39 is 16.0 Å². The van der Waals surface area contributed by atoms with Crippen LogP contribution < -0.4 is 9.62 Å². The first kappa shape index (κ1) is 19.7. The van der Waals surface area contributed by atoms with E-state index in [9.17, 15) is 23.1 Å². The van der Waals surface area contributed by atoms with Gasteiger partial charge in [-0.25, -0.2) is 13.2 Å². The molecule has 8 nitrogen and oxygen atoms in total. The van der Waals surface area contributed by atoms with Crippen molar-refractivity contribution in [3.05, 3.63) is 47.5 Å². The Labute approximate surface area is 162 Å². The van der Waals surface area contributed by atoms with Crippen molar-refractivity contribution in [2.24, 2.45) is 0 Å². The van der Waals surface area contributed by atoms with E-state index in [1.165, 1.54) is 31.4 Å². The minimum absolute atomic E-state index is 0.0208. The van der Waals surface area contributed by atoms with Gasteiger partial charge in [0.25, 0.3) is 10.0 Å². The monoisotopic (exact) mass is 404 g/mol. The number of anilines is 2. The van der Waals surface area contributed by atoms with E-state index >= 15 is 0 Å². The van der Waals surface area contributed by atoms with Crippen LogP contribution in [0.4, 0.5) is 11.4 Å². The maximum atomic E-state index is 12.9. The highest BCUT2D eigenvalue weighted by Gasteiger charge is 2.25. The highest BCUT2D eigenvalue weighted by atomic mass is 32.2. The van der Waals surface area contributed by atoms with Crippen molar-refractivity contribution in [3.8, 4) is 5.75 Å². The van der Waals surface area contributed by atoms with Crippen LogP contribution in [0.1, 0.15) is 28.8 Å². The average Bonchev–Trinajstić information content (AvgIpc) is 3.09. The number of ether oxygens (including phenoxy) is 1. The summed E-state index contributed by atoms with van der Waals surface area (Å²) in [6, 6.07) is 8.48. The van der Waals surface area contributed by atoms with Crippen LogP contribution in [-0.2, 0) is 19.6 Å². The van der Waals surface area contributed by atoms with E-state index in [0.717, 1.165) is 6.42 Å². The average molecular weight is 404 g/mol. The number of carbonyl (C=O) groups excluding carboxylic acids is 2. The number of aromatic hydroxyl groups is 1. The molecule has 28 heavy (non-hydrogen) atoms. The Bertz CT molecular complexity index is 1050. The summed E-state index contributed by atoms with van der Waals surface area (Å²) in [4.78, 5) is 25.2. The molecule has 1 amide bonds. The molecule has 1 aliphatic rings. The molecule has 0 spiro atoms. The lowest BCUT2D eigenvalue weighted by Crippen LogP contribution is -2.24. The van der Waals surface area contributed by atoms with E-state index in [4.69, 9.17) is 0 Å². The standard InChI is InChI=1S/C19H20N2O6S/c1-12-5-7-14(21-9-3-4-18(21)23)11-17(12)28(25,26)20-15-10-13(19(24)27-2)6-8-16(15)22/h5-8,10-11,20,22H,3-4,9H2,1-2H3. The number of sulfonamides is 1. The van der Waals surface area contributed by atoms with Gasteiger partial charge in [0.05, 0.1) is 23.3 Å². The zero-order chi connectivity index (χ0) is 20.5. The van der Waals surface area contributed by atoms with E-state index in [2.05, 4.69) is 9.46 Å². The first-order chi connectivity index (χ1) is 13.2. The normalized spacial score (nSPS) is 14.2. The lowest BCUT2D eigenvalue weighted by Gasteiger charge is -2.18. The van der Waals surface area contributed by atoms with Crippen molar-refractivity contribution in [3.63, 3.8) is 0 Å². The maximum absolute atomic E-state index is 12.9. The summed E-state index contributed by atoms with van der Waals surface area (Å²) < 4.78 is 32.8. The molecule has 0 aromatic heterocycles. The predicted molar refractivity (Wildman–Crippen MR) is 103 cm³/mol. The number of esters is 1. The molecule has 0 radical (unpaired) electrons. The fourth-order valence-corrected chi connectivity index (χ4v) is 4.36. The van der Waals surface area contributed by atoms with E-state index in [0.29, 0.717) is 24.2 Å². The molecule has 2 aromatic carbocycles. The minimum Gasteiger partial charge on any atom is -0.506 e. The van der Waals surface area contributed by atoms with Crippen molar-refractivity contribution in [2.45, 2.75) is 24.7 Å².